The molecule has 0 aliphatic heterocycles. The number of nitrogens with zero attached hydrogens (tertiary/aromatic N) is 3. The first-order valence-corrected chi connectivity index (χ1v) is 7.35. The van der Waals surface area contributed by atoms with Gasteiger partial charge < -0.3 is 4.90 Å². The Bertz CT molecular complexity index is 548. The van der Waals surface area contributed by atoms with Gasteiger partial charge in [-0.1, -0.05) is 37.6 Å². The van der Waals surface area contributed by atoms with Crippen molar-refractivity contribution in [2.75, 3.05) is 7.05 Å². The predicted octanol–water partition coefficient (Wildman–Crippen LogP) is 2.35. The Morgan fingerprint density at radius 2 is 1.95 bits per heavy atom. The van der Waals surface area contributed by atoms with Crippen molar-refractivity contribution < 1.29 is 4.79 Å². The molecule has 0 radical (unpaired) electrons. The fraction of sp³-hybridized carbons (Fsp3) is 0.438. The molecule has 1 amide bonds. The standard InChI is InChI=1S/C16H22N4O/c1-3-4-5-13-6-8-14(9-7-13)10-16(21)20(2)11-15-17-12-18-19-15/h6-9,12H,3-5,10-11H2,1-2H3,(H,17,18,19). The maximum absolute atomic E-state index is 12.2. The number of aromatic amines is 1. The Kier molecular flexibility index (Phi) is 5.49. The van der Waals surface area contributed by atoms with Gasteiger partial charge in [0.05, 0.1) is 13.0 Å². The first kappa shape index (κ1) is 15.2. The number of aromatic nitrogens is 3. The van der Waals surface area contributed by atoms with Crippen LogP contribution in [0.25, 0.3) is 0 Å². The van der Waals surface area contributed by atoms with E-state index in [4.69, 9.17) is 0 Å². The van der Waals surface area contributed by atoms with Crippen LogP contribution in [0.5, 0.6) is 0 Å². The number of nitrogens with one attached hydrogen (secondary N) is 1. The van der Waals surface area contributed by atoms with Gasteiger partial charge in [-0.25, -0.2) is 4.98 Å². The van der Waals surface area contributed by atoms with Crippen molar-refractivity contribution in [3.63, 3.8) is 0 Å². The van der Waals surface area contributed by atoms with E-state index in [9.17, 15) is 4.79 Å². The molecular weight excluding hydrogens is 264 g/mol. The maximum atomic E-state index is 12.2. The summed E-state index contributed by atoms with van der Waals surface area (Å²) in [5, 5.41) is 6.54. The quantitative estimate of drug-likeness (QED) is 0.850. The van der Waals surface area contributed by atoms with Crippen molar-refractivity contribution in [3.05, 3.63) is 47.5 Å². The van der Waals surface area contributed by atoms with E-state index in [1.807, 2.05) is 12.1 Å². The van der Waals surface area contributed by atoms with E-state index in [-0.39, 0.29) is 5.91 Å². The van der Waals surface area contributed by atoms with Crippen molar-refractivity contribution in [2.24, 2.45) is 0 Å². The number of aryl methyl sites for hydroxylation is 1. The minimum absolute atomic E-state index is 0.0766. The van der Waals surface area contributed by atoms with Crippen LogP contribution in [0, 0.1) is 0 Å². The summed E-state index contributed by atoms with van der Waals surface area (Å²) in [5.41, 5.74) is 2.38. The third kappa shape index (κ3) is 4.70. The molecule has 2 rings (SSSR count). The fourth-order valence-corrected chi connectivity index (χ4v) is 2.13. The Labute approximate surface area is 125 Å². The number of carbonyl (C=O) groups is 1. The van der Waals surface area contributed by atoms with Gasteiger partial charge in [-0.05, 0) is 24.0 Å². The van der Waals surface area contributed by atoms with Crippen molar-refractivity contribution in [1.29, 1.82) is 0 Å². The molecule has 0 aliphatic carbocycles. The molecule has 112 valence electrons. The Morgan fingerprint density at radius 1 is 1.24 bits per heavy atom. The lowest BCUT2D eigenvalue weighted by molar-refractivity contribution is -0.129. The van der Waals surface area contributed by atoms with Crippen LogP contribution >= 0.6 is 0 Å². The van der Waals surface area contributed by atoms with Crippen LogP contribution in [0.15, 0.2) is 30.6 Å². The minimum atomic E-state index is 0.0766. The zero-order valence-corrected chi connectivity index (χ0v) is 12.7. The highest BCUT2D eigenvalue weighted by molar-refractivity contribution is 5.78. The molecule has 0 spiro atoms. The van der Waals surface area contributed by atoms with Gasteiger partial charge in [-0.2, -0.15) is 5.10 Å². The number of hydrogen-bond donors (Lipinski definition) is 1. The van der Waals surface area contributed by atoms with E-state index in [0.29, 0.717) is 18.8 Å². The first-order valence-electron chi connectivity index (χ1n) is 7.35. The number of amides is 1. The second-order valence-corrected chi connectivity index (χ2v) is 5.28. The van der Waals surface area contributed by atoms with Crippen LogP contribution in [0.1, 0.15) is 36.7 Å². The largest absolute Gasteiger partial charge is 0.338 e. The van der Waals surface area contributed by atoms with E-state index in [0.717, 1.165) is 12.0 Å². The van der Waals surface area contributed by atoms with E-state index in [1.54, 1.807) is 11.9 Å². The molecule has 1 aromatic carbocycles. The summed E-state index contributed by atoms with van der Waals surface area (Å²) >= 11 is 0. The summed E-state index contributed by atoms with van der Waals surface area (Å²) in [6.07, 6.45) is 5.38. The first-order chi connectivity index (χ1) is 10.2. The summed E-state index contributed by atoms with van der Waals surface area (Å²) in [6.45, 7) is 2.64. The molecule has 1 heterocycles. The summed E-state index contributed by atoms with van der Waals surface area (Å²) in [5.74, 6) is 0.772. The monoisotopic (exact) mass is 286 g/mol. The van der Waals surface area contributed by atoms with Crippen molar-refractivity contribution in [1.82, 2.24) is 20.1 Å². The third-order valence-electron chi connectivity index (χ3n) is 3.47. The van der Waals surface area contributed by atoms with E-state index >= 15 is 0 Å². The Morgan fingerprint density at radius 3 is 2.57 bits per heavy atom. The molecule has 0 saturated carbocycles. The van der Waals surface area contributed by atoms with Gasteiger partial charge in [0.15, 0.2) is 0 Å². The van der Waals surface area contributed by atoms with Crippen LogP contribution in [0.4, 0.5) is 0 Å². The molecule has 5 heteroatoms. The molecule has 2 aromatic rings. The van der Waals surface area contributed by atoms with Gasteiger partial charge in [0.25, 0.3) is 0 Å². The van der Waals surface area contributed by atoms with Gasteiger partial charge in [0.2, 0.25) is 5.91 Å². The zero-order valence-electron chi connectivity index (χ0n) is 12.7. The van der Waals surface area contributed by atoms with E-state index in [1.165, 1.54) is 24.7 Å². The molecule has 0 saturated heterocycles. The molecule has 21 heavy (non-hydrogen) atoms. The van der Waals surface area contributed by atoms with Gasteiger partial charge in [0, 0.05) is 7.05 Å². The average molecular weight is 286 g/mol. The minimum Gasteiger partial charge on any atom is -0.338 e. The molecule has 1 N–H and O–H groups in total. The highest BCUT2D eigenvalue weighted by Crippen LogP contribution is 2.09. The highest BCUT2D eigenvalue weighted by Gasteiger charge is 2.11. The van der Waals surface area contributed by atoms with Crippen molar-refractivity contribution >= 4 is 5.91 Å². The van der Waals surface area contributed by atoms with Gasteiger partial charge in [-0.3, -0.25) is 9.89 Å². The molecule has 0 fully saturated rings. The van der Waals surface area contributed by atoms with Crippen LogP contribution in [0.3, 0.4) is 0 Å². The SMILES string of the molecule is CCCCc1ccc(CC(=O)N(C)Cc2ncn[nH]2)cc1. The lowest BCUT2D eigenvalue weighted by Crippen LogP contribution is -2.28. The van der Waals surface area contributed by atoms with E-state index < -0.39 is 0 Å². The molecule has 1 aromatic heterocycles. The number of rotatable bonds is 7. The van der Waals surface area contributed by atoms with Crippen LogP contribution < -0.4 is 0 Å². The van der Waals surface area contributed by atoms with E-state index in [2.05, 4.69) is 34.2 Å². The second kappa shape index (κ2) is 7.57. The highest BCUT2D eigenvalue weighted by atomic mass is 16.2. The summed E-state index contributed by atoms with van der Waals surface area (Å²) in [7, 11) is 1.78. The van der Waals surface area contributed by atoms with Crippen molar-refractivity contribution in [3.8, 4) is 0 Å². The number of likely N-dealkylation sites (N-methyl/N-ethyl adjacent to an activating group) is 1. The molecule has 0 aliphatic rings. The third-order valence-corrected chi connectivity index (χ3v) is 3.47. The second-order valence-electron chi connectivity index (χ2n) is 5.28. The van der Waals surface area contributed by atoms with Crippen LogP contribution in [-0.2, 0) is 24.2 Å². The average Bonchev–Trinajstić information content (AvgIpc) is 2.99. The van der Waals surface area contributed by atoms with Gasteiger partial charge in [-0.15, -0.1) is 0 Å². The lowest BCUT2D eigenvalue weighted by atomic mass is 10.0. The number of benzene rings is 1. The number of unbranched alkanes of at least 4 members (excludes halogenated alkanes) is 1. The lowest BCUT2D eigenvalue weighted by Gasteiger charge is -2.15. The summed E-state index contributed by atoms with van der Waals surface area (Å²) < 4.78 is 0. The molecular formula is C16H22N4O. The number of H-pyrrole nitrogens is 1. The van der Waals surface area contributed by atoms with Gasteiger partial charge >= 0.3 is 0 Å². The van der Waals surface area contributed by atoms with Crippen molar-refractivity contribution in [2.45, 2.75) is 39.2 Å². The Balaban J connectivity index is 1.86. The molecule has 0 atom stereocenters. The topological polar surface area (TPSA) is 61.9 Å². The molecule has 0 unspecified atom stereocenters. The zero-order chi connectivity index (χ0) is 15.1. The number of hydrogen-bond acceptors (Lipinski definition) is 3. The molecule has 0 bridgehead atoms. The predicted molar refractivity (Wildman–Crippen MR) is 81.6 cm³/mol. The smallest absolute Gasteiger partial charge is 0.227 e. The molecule has 5 nitrogen and oxygen atoms in total. The Hall–Kier alpha value is -2.17. The van der Waals surface area contributed by atoms with Gasteiger partial charge in [0.1, 0.15) is 12.2 Å². The summed E-state index contributed by atoms with van der Waals surface area (Å²) in [4.78, 5) is 17.8. The summed E-state index contributed by atoms with van der Waals surface area (Å²) in [6, 6.07) is 8.33. The fourth-order valence-electron chi connectivity index (χ4n) is 2.13. The number of carbonyl (C=O) groups excluding carboxylic acids is 1. The maximum Gasteiger partial charge on any atom is 0.227 e. The van der Waals surface area contributed by atoms with Crippen LogP contribution in [-0.4, -0.2) is 33.0 Å². The van der Waals surface area contributed by atoms with Crippen LogP contribution in [0.2, 0.25) is 0 Å². The normalized spacial score (nSPS) is 10.6.